The lowest BCUT2D eigenvalue weighted by Crippen LogP contribution is -2.57. The topological polar surface area (TPSA) is 71.5 Å². The number of benzene rings is 2. The molecule has 1 aliphatic heterocycles. The molecule has 1 fully saturated rings. The highest BCUT2D eigenvalue weighted by molar-refractivity contribution is 7.92. The largest absolute Gasteiger partial charge is 0.243 e. The van der Waals surface area contributed by atoms with Gasteiger partial charge in [0.1, 0.15) is 0 Å². The number of sulfonamides is 1. The number of hydrogen-bond acceptors (Lipinski definition) is 4. The Hall–Kier alpha value is -1.12. The molecule has 2 aromatic rings. The van der Waals surface area contributed by atoms with E-state index in [1.807, 2.05) is 13.8 Å². The van der Waals surface area contributed by atoms with E-state index >= 15 is 0 Å². The molecule has 0 aromatic heterocycles. The lowest BCUT2D eigenvalue weighted by atomic mass is 10.1. The van der Waals surface area contributed by atoms with Crippen molar-refractivity contribution in [2.45, 2.75) is 24.0 Å². The SMILES string of the molecule is CC(C)CS(=O)(=O)C1CN(S(=O)(=O)c2ccc(-c3cc(Cl)cc(Cl)c3)cc2)C1. The summed E-state index contributed by atoms with van der Waals surface area (Å²) in [6, 6.07) is 11.5. The van der Waals surface area contributed by atoms with Crippen LogP contribution in [0.2, 0.25) is 10.0 Å². The molecule has 0 atom stereocenters. The van der Waals surface area contributed by atoms with Gasteiger partial charge in [-0.1, -0.05) is 49.2 Å². The van der Waals surface area contributed by atoms with Crippen molar-refractivity contribution >= 4 is 43.1 Å². The number of nitrogens with zero attached hydrogens (tertiary/aromatic N) is 1. The normalized spacial score (nSPS) is 16.3. The summed E-state index contributed by atoms with van der Waals surface area (Å²) in [5, 5.41) is 0.361. The lowest BCUT2D eigenvalue weighted by Gasteiger charge is -2.37. The summed E-state index contributed by atoms with van der Waals surface area (Å²) in [6.07, 6.45) is 0. The molecule has 1 saturated heterocycles. The van der Waals surface area contributed by atoms with Crippen LogP contribution in [-0.2, 0) is 19.9 Å². The van der Waals surface area contributed by atoms with Crippen molar-refractivity contribution < 1.29 is 16.8 Å². The van der Waals surface area contributed by atoms with Crippen molar-refractivity contribution in [1.82, 2.24) is 4.31 Å². The van der Waals surface area contributed by atoms with Crippen LogP contribution in [0.25, 0.3) is 11.1 Å². The Balaban J connectivity index is 1.75. The van der Waals surface area contributed by atoms with Crippen LogP contribution in [-0.4, -0.2) is 45.2 Å². The van der Waals surface area contributed by atoms with E-state index in [2.05, 4.69) is 0 Å². The van der Waals surface area contributed by atoms with Gasteiger partial charge in [0.05, 0.1) is 15.9 Å². The van der Waals surface area contributed by atoms with Gasteiger partial charge in [0.25, 0.3) is 0 Å². The molecular weight excluding hydrogens is 441 g/mol. The molecule has 152 valence electrons. The zero-order valence-electron chi connectivity index (χ0n) is 15.5. The van der Waals surface area contributed by atoms with E-state index < -0.39 is 25.1 Å². The minimum atomic E-state index is -3.72. The molecule has 3 rings (SSSR count). The summed E-state index contributed by atoms with van der Waals surface area (Å²) in [5.74, 6) is 0.0887. The van der Waals surface area contributed by atoms with E-state index in [9.17, 15) is 16.8 Å². The van der Waals surface area contributed by atoms with Gasteiger partial charge in [-0.2, -0.15) is 4.31 Å². The van der Waals surface area contributed by atoms with Gasteiger partial charge in [-0.25, -0.2) is 16.8 Å². The first-order valence-electron chi connectivity index (χ1n) is 8.77. The Morgan fingerprint density at radius 3 is 1.96 bits per heavy atom. The van der Waals surface area contributed by atoms with Crippen LogP contribution in [0.15, 0.2) is 47.4 Å². The third kappa shape index (κ3) is 4.54. The quantitative estimate of drug-likeness (QED) is 0.648. The summed E-state index contributed by atoms with van der Waals surface area (Å²) in [5.41, 5.74) is 1.56. The van der Waals surface area contributed by atoms with Gasteiger partial charge < -0.3 is 0 Å². The van der Waals surface area contributed by atoms with Crippen LogP contribution < -0.4 is 0 Å². The van der Waals surface area contributed by atoms with Gasteiger partial charge in [0.15, 0.2) is 9.84 Å². The second kappa shape index (κ2) is 7.95. The molecule has 5 nitrogen and oxygen atoms in total. The number of halogens is 2. The van der Waals surface area contributed by atoms with Crippen molar-refractivity contribution in [1.29, 1.82) is 0 Å². The summed E-state index contributed by atoms with van der Waals surface area (Å²) in [6.45, 7) is 3.67. The van der Waals surface area contributed by atoms with Crippen molar-refractivity contribution in [3.05, 3.63) is 52.5 Å². The highest BCUT2D eigenvalue weighted by atomic mass is 35.5. The van der Waals surface area contributed by atoms with Crippen LogP contribution in [0.3, 0.4) is 0 Å². The number of sulfone groups is 1. The van der Waals surface area contributed by atoms with E-state index in [1.54, 1.807) is 30.3 Å². The van der Waals surface area contributed by atoms with Crippen molar-refractivity contribution in [2.75, 3.05) is 18.8 Å². The Bertz CT molecular complexity index is 1060. The smallest absolute Gasteiger partial charge is 0.228 e. The van der Waals surface area contributed by atoms with Crippen LogP contribution in [0.1, 0.15) is 13.8 Å². The minimum absolute atomic E-state index is 0.00302. The first-order chi connectivity index (χ1) is 13.0. The van der Waals surface area contributed by atoms with Crippen LogP contribution in [0.5, 0.6) is 0 Å². The molecule has 28 heavy (non-hydrogen) atoms. The Morgan fingerprint density at radius 2 is 1.46 bits per heavy atom. The van der Waals surface area contributed by atoms with Crippen molar-refractivity contribution in [3.63, 3.8) is 0 Å². The molecule has 1 aliphatic rings. The zero-order valence-corrected chi connectivity index (χ0v) is 18.6. The molecule has 0 unspecified atom stereocenters. The van der Waals surface area contributed by atoms with Gasteiger partial charge in [-0.15, -0.1) is 0 Å². The summed E-state index contributed by atoms with van der Waals surface area (Å²) < 4.78 is 51.2. The molecule has 0 aliphatic carbocycles. The number of hydrogen-bond donors (Lipinski definition) is 0. The fraction of sp³-hybridized carbons (Fsp3) is 0.368. The lowest BCUT2D eigenvalue weighted by molar-refractivity contribution is 0.309. The van der Waals surface area contributed by atoms with Crippen LogP contribution >= 0.6 is 23.2 Å². The maximum atomic E-state index is 12.8. The van der Waals surface area contributed by atoms with E-state index in [1.165, 1.54) is 16.4 Å². The zero-order chi connectivity index (χ0) is 20.7. The minimum Gasteiger partial charge on any atom is -0.228 e. The molecule has 0 saturated carbocycles. The molecule has 0 radical (unpaired) electrons. The van der Waals surface area contributed by atoms with Gasteiger partial charge in [-0.05, 0) is 47.4 Å². The Kier molecular flexibility index (Phi) is 6.13. The van der Waals surface area contributed by atoms with Crippen molar-refractivity contribution in [3.8, 4) is 11.1 Å². The van der Waals surface area contributed by atoms with Gasteiger partial charge >= 0.3 is 0 Å². The maximum Gasteiger partial charge on any atom is 0.243 e. The second-order valence-electron chi connectivity index (χ2n) is 7.35. The first-order valence-corrected chi connectivity index (χ1v) is 12.7. The average Bonchev–Trinajstić information content (AvgIpc) is 2.50. The molecular formula is C19H21Cl2NO4S2. The van der Waals surface area contributed by atoms with Crippen LogP contribution in [0, 0.1) is 5.92 Å². The molecule has 2 aromatic carbocycles. The molecule has 1 heterocycles. The Morgan fingerprint density at radius 1 is 0.929 bits per heavy atom. The molecule has 0 bridgehead atoms. The fourth-order valence-electron chi connectivity index (χ4n) is 3.11. The summed E-state index contributed by atoms with van der Waals surface area (Å²) in [4.78, 5) is 0.129. The maximum absolute atomic E-state index is 12.8. The average molecular weight is 462 g/mol. The fourth-order valence-corrected chi connectivity index (χ4v) is 7.37. The van der Waals surface area contributed by atoms with E-state index in [4.69, 9.17) is 23.2 Å². The standard InChI is InChI=1S/C19H21Cl2NO4S2/c1-13(2)12-27(23,24)19-10-22(11-19)28(25,26)18-5-3-14(4-6-18)15-7-16(20)9-17(21)8-15/h3-9,13,19H,10-12H2,1-2H3. The molecule has 0 spiro atoms. The van der Waals surface area contributed by atoms with Gasteiger partial charge in [0, 0.05) is 23.1 Å². The summed E-state index contributed by atoms with van der Waals surface area (Å²) in [7, 11) is -7.00. The number of rotatable bonds is 6. The first kappa shape index (κ1) is 21.6. The monoisotopic (exact) mass is 461 g/mol. The molecule has 0 N–H and O–H groups in total. The van der Waals surface area contributed by atoms with E-state index in [-0.39, 0.29) is 29.7 Å². The molecule has 9 heteroatoms. The van der Waals surface area contributed by atoms with E-state index in [0.29, 0.717) is 10.0 Å². The molecule has 0 amide bonds. The highest BCUT2D eigenvalue weighted by Gasteiger charge is 2.43. The third-order valence-electron chi connectivity index (χ3n) is 4.58. The van der Waals surface area contributed by atoms with Crippen LogP contribution in [0.4, 0.5) is 0 Å². The summed E-state index contributed by atoms with van der Waals surface area (Å²) >= 11 is 12.0. The predicted molar refractivity (Wildman–Crippen MR) is 113 cm³/mol. The Labute approximate surface area is 176 Å². The third-order valence-corrected chi connectivity index (χ3v) is 9.30. The van der Waals surface area contributed by atoms with Crippen molar-refractivity contribution in [2.24, 2.45) is 5.92 Å². The highest BCUT2D eigenvalue weighted by Crippen LogP contribution is 2.30. The van der Waals surface area contributed by atoms with E-state index in [0.717, 1.165) is 11.1 Å². The second-order valence-corrected chi connectivity index (χ2v) is 12.5. The predicted octanol–water partition coefficient (Wildman–Crippen LogP) is 4.10. The van der Waals surface area contributed by atoms with Gasteiger partial charge in [-0.3, -0.25) is 0 Å². The van der Waals surface area contributed by atoms with Gasteiger partial charge in [0.2, 0.25) is 10.0 Å².